The summed E-state index contributed by atoms with van der Waals surface area (Å²) in [4.78, 5) is 4.10. The van der Waals surface area contributed by atoms with Crippen LogP contribution in [0.5, 0.6) is 5.75 Å². The van der Waals surface area contributed by atoms with Crippen molar-refractivity contribution in [3.8, 4) is 5.75 Å². The Morgan fingerprint density at radius 3 is 2.55 bits per heavy atom. The molecule has 1 atom stereocenters. The third kappa shape index (κ3) is 3.69. The maximum absolute atomic E-state index is 5.93. The molecular weight excluding hydrogens is 252 g/mol. The van der Waals surface area contributed by atoms with Crippen LogP contribution < -0.4 is 21.7 Å². The van der Waals surface area contributed by atoms with Crippen molar-refractivity contribution in [1.82, 2.24) is 10.4 Å². The summed E-state index contributed by atoms with van der Waals surface area (Å²) in [6.45, 7) is 0. The number of aromatic nitrogens is 1. The molecule has 0 saturated heterocycles. The minimum Gasteiger partial charge on any atom is -0.497 e. The predicted octanol–water partition coefficient (Wildman–Crippen LogP) is 1.29. The van der Waals surface area contributed by atoms with Crippen molar-refractivity contribution in [1.29, 1.82) is 0 Å². The zero-order chi connectivity index (χ0) is 14.4. The van der Waals surface area contributed by atoms with Gasteiger partial charge in [0.1, 0.15) is 5.75 Å². The quantitative estimate of drug-likeness (QED) is 0.545. The minimum absolute atomic E-state index is 0.106. The normalized spacial score (nSPS) is 12.1. The Kier molecular flexibility index (Phi) is 4.92. The Morgan fingerprint density at radius 2 is 1.95 bits per heavy atom. The van der Waals surface area contributed by atoms with E-state index in [0.717, 1.165) is 29.8 Å². The Bertz CT molecular complexity index is 542. The highest BCUT2D eigenvalue weighted by atomic mass is 16.5. The molecule has 2 aromatic rings. The van der Waals surface area contributed by atoms with Gasteiger partial charge in [-0.2, -0.15) is 0 Å². The fraction of sp³-hybridized carbons (Fsp3) is 0.267. The van der Waals surface area contributed by atoms with Crippen molar-refractivity contribution in [3.63, 3.8) is 0 Å². The molecule has 1 aromatic heterocycles. The zero-order valence-electron chi connectivity index (χ0n) is 11.5. The van der Waals surface area contributed by atoms with Crippen molar-refractivity contribution in [2.45, 2.75) is 18.9 Å². The predicted molar refractivity (Wildman–Crippen MR) is 80.2 cm³/mol. The van der Waals surface area contributed by atoms with Crippen LogP contribution in [0.3, 0.4) is 0 Å². The molecule has 1 heterocycles. The molecule has 0 aliphatic rings. The molecule has 5 N–H and O–H groups in total. The van der Waals surface area contributed by atoms with E-state index in [1.54, 1.807) is 25.6 Å². The molecule has 1 unspecified atom stereocenters. The number of nitrogens with one attached hydrogen (secondary N) is 1. The second-order valence-corrected chi connectivity index (χ2v) is 4.69. The molecule has 0 aliphatic carbocycles. The van der Waals surface area contributed by atoms with Gasteiger partial charge in [-0.1, -0.05) is 12.1 Å². The lowest BCUT2D eigenvalue weighted by Gasteiger charge is -2.17. The Morgan fingerprint density at radius 1 is 1.20 bits per heavy atom. The topological polar surface area (TPSA) is 86.2 Å². The Hall–Kier alpha value is -2.11. The number of benzene rings is 1. The van der Waals surface area contributed by atoms with E-state index in [1.165, 1.54) is 5.56 Å². The summed E-state index contributed by atoms with van der Waals surface area (Å²) in [6.07, 6.45) is 5.03. The molecule has 0 bridgehead atoms. The lowest BCUT2D eigenvalue weighted by molar-refractivity contribution is 0.414. The van der Waals surface area contributed by atoms with Crippen LogP contribution in [0, 0.1) is 0 Å². The van der Waals surface area contributed by atoms with Gasteiger partial charge < -0.3 is 10.5 Å². The van der Waals surface area contributed by atoms with Gasteiger partial charge in [0.15, 0.2) is 0 Å². The molecule has 0 fully saturated rings. The maximum atomic E-state index is 5.93. The highest BCUT2D eigenvalue weighted by molar-refractivity contribution is 5.44. The van der Waals surface area contributed by atoms with E-state index >= 15 is 0 Å². The molecule has 0 radical (unpaired) electrons. The van der Waals surface area contributed by atoms with Crippen molar-refractivity contribution in [2.24, 2.45) is 5.84 Å². The fourth-order valence-electron chi connectivity index (χ4n) is 2.11. The van der Waals surface area contributed by atoms with Crippen molar-refractivity contribution in [2.75, 3.05) is 12.8 Å². The van der Waals surface area contributed by atoms with Gasteiger partial charge in [0, 0.05) is 24.1 Å². The average molecular weight is 272 g/mol. The number of pyridine rings is 1. The molecule has 5 heteroatoms. The molecule has 0 spiro atoms. The summed E-state index contributed by atoms with van der Waals surface area (Å²) < 4.78 is 5.15. The van der Waals surface area contributed by atoms with Crippen LogP contribution in [0.1, 0.15) is 11.1 Å². The summed E-state index contributed by atoms with van der Waals surface area (Å²) in [7, 11) is 1.66. The summed E-state index contributed by atoms with van der Waals surface area (Å²) in [6, 6.07) is 9.87. The molecular formula is C15H20N4O. The number of anilines is 1. The van der Waals surface area contributed by atoms with Gasteiger partial charge in [0.25, 0.3) is 0 Å². The third-order valence-electron chi connectivity index (χ3n) is 3.28. The van der Waals surface area contributed by atoms with Gasteiger partial charge in [-0.05, 0) is 42.2 Å². The number of rotatable bonds is 6. The second-order valence-electron chi connectivity index (χ2n) is 4.69. The number of ether oxygens (including phenoxy) is 1. The Labute approximate surface area is 118 Å². The number of nitrogens with zero attached hydrogens (tertiary/aromatic N) is 1. The van der Waals surface area contributed by atoms with Crippen molar-refractivity contribution >= 4 is 5.69 Å². The molecule has 106 valence electrons. The van der Waals surface area contributed by atoms with Gasteiger partial charge in [0.2, 0.25) is 0 Å². The molecule has 0 saturated carbocycles. The van der Waals surface area contributed by atoms with Crippen molar-refractivity contribution < 1.29 is 4.74 Å². The van der Waals surface area contributed by atoms with Crippen LogP contribution in [-0.4, -0.2) is 18.1 Å². The summed E-state index contributed by atoms with van der Waals surface area (Å²) >= 11 is 0. The van der Waals surface area contributed by atoms with E-state index in [-0.39, 0.29) is 6.04 Å². The fourth-order valence-corrected chi connectivity index (χ4v) is 2.11. The van der Waals surface area contributed by atoms with Gasteiger partial charge in [0.05, 0.1) is 7.11 Å². The SMILES string of the molecule is COc1ccc(CC(Cc2cnccc2N)NN)cc1. The molecule has 0 aliphatic heterocycles. The lowest BCUT2D eigenvalue weighted by Crippen LogP contribution is -2.38. The monoisotopic (exact) mass is 272 g/mol. The first-order valence-corrected chi connectivity index (χ1v) is 6.50. The van der Waals surface area contributed by atoms with Gasteiger partial charge in [-0.25, -0.2) is 0 Å². The highest BCUT2D eigenvalue weighted by Gasteiger charge is 2.11. The smallest absolute Gasteiger partial charge is 0.118 e. The number of hydrazine groups is 1. The van der Waals surface area contributed by atoms with E-state index < -0.39 is 0 Å². The number of methoxy groups -OCH3 is 1. The summed E-state index contributed by atoms with van der Waals surface area (Å²) in [5, 5.41) is 0. The third-order valence-corrected chi connectivity index (χ3v) is 3.28. The number of nitrogen functional groups attached to an aromatic ring is 1. The van der Waals surface area contributed by atoms with Crippen LogP contribution in [0.2, 0.25) is 0 Å². The van der Waals surface area contributed by atoms with E-state index in [0.29, 0.717) is 0 Å². The largest absolute Gasteiger partial charge is 0.497 e. The van der Waals surface area contributed by atoms with Crippen LogP contribution >= 0.6 is 0 Å². The van der Waals surface area contributed by atoms with Gasteiger partial charge in [-0.3, -0.25) is 16.3 Å². The van der Waals surface area contributed by atoms with Gasteiger partial charge >= 0.3 is 0 Å². The first-order chi connectivity index (χ1) is 9.72. The van der Waals surface area contributed by atoms with Crippen LogP contribution in [0.4, 0.5) is 5.69 Å². The summed E-state index contributed by atoms with van der Waals surface area (Å²) in [5.41, 5.74) is 11.7. The first-order valence-electron chi connectivity index (χ1n) is 6.50. The van der Waals surface area contributed by atoms with Crippen LogP contribution in [0.25, 0.3) is 0 Å². The van der Waals surface area contributed by atoms with Gasteiger partial charge in [-0.15, -0.1) is 0 Å². The average Bonchev–Trinajstić information content (AvgIpc) is 2.49. The molecule has 5 nitrogen and oxygen atoms in total. The standard InChI is InChI=1S/C15H20N4O/c1-20-14-4-2-11(3-5-14)8-13(19-17)9-12-10-18-7-6-15(12)16/h2-7,10,13,19H,8-9,17H2,1H3,(H2,16,18). The van der Waals surface area contributed by atoms with E-state index in [1.807, 2.05) is 24.3 Å². The molecule has 2 rings (SSSR count). The highest BCUT2D eigenvalue weighted by Crippen LogP contribution is 2.16. The lowest BCUT2D eigenvalue weighted by atomic mass is 9.99. The Balaban J connectivity index is 2.03. The number of hydrogen-bond acceptors (Lipinski definition) is 5. The van der Waals surface area contributed by atoms with Crippen molar-refractivity contribution in [3.05, 3.63) is 53.9 Å². The molecule has 1 aromatic carbocycles. The molecule has 20 heavy (non-hydrogen) atoms. The van der Waals surface area contributed by atoms with E-state index in [2.05, 4.69) is 10.4 Å². The van der Waals surface area contributed by atoms with Crippen LogP contribution in [-0.2, 0) is 12.8 Å². The number of nitrogens with two attached hydrogens (primary N) is 2. The molecule has 0 amide bonds. The number of hydrogen-bond donors (Lipinski definition) is 3. The van der Waals surface area contributed by atoms with E-state index in [4.69, 9.17) is 16.3 Å². The van der Waals surface area contributed by atoms with Crippen LogP contribution in [0.15, 0.2) is 42.7 Å². The first kappa shape index (κ1) is 14.3. The zero-order valence-corrected chi connectivity index (χ0v) is 11.5. The summed E-state index contributed by atoms with van der Waals surface area (Å²) in [5.74, 6) is 6.49. The van der Waals surface area contributed by atoms with E-state index in [9.17, 15) is 0 Å². The minimum atomic E-state index is 0.106. The second kappa shape index (κ2) is 6.88. The maximum Gasteiger partial charge on any atom is 0.118 e.